The van der Waals surface area contributed by atoms with Crippen molar-refractivity contribution >= 4 is 39.1 Å². The first-order valence-electron chi connectivity index (χ1n) is 16.0. The number of amides is 3. The van der Waals surface area contributed by atoms with Crippen LogP contribution in [-0.4, -0.2) is 67.9 Å². The van der Waals surface area contributed by atoms with Crippen molar-refractivity contribution in [3.05, 3.63) is 77.1 Å². The molecule has 3 amide bonds. The Bertz CT molecular complexity index is 1830. The number of rotatable bonds is 13. The Kier molecular flexibility index (Phi) is 11.4. The first kappa shape index (κ1) is 37.0. The van der Waals surface area contributed by atoms with E-state index < -0.39 is 50.9 Å². The molecule has 0 radical (unpaired) electrons. The van der Waals surface area contributed by atoms with Crippen molar-refractivity contribution in [2.75, 3.05) is 30.4 Å². The Morgan fingerprint density at radius 2 is 1.78 bits per heavy atom. The monoisotopic (exact) mass is 698 g/mol. The van der Waals surface area contributed by atoms with Crippen LogP contribution >= 0.6 is 0 Å². The molecule has 0 aliphatic carbocycles. The summed E-state index contributed by atoms with van der Waals surface area (Å²) in [7, 11) is -2.50. The number of anilines is 2. The average molecular weight is 699 g/mol. The average Bonchev–Trinajstić information content (AvgIpc) is 3.54. The minimum Gasteiger partial charge on any atom is -0.490 e. The van der Waals surface area contributed by atoms with Gasteiger partial charge in [-0.05, 0) is 107 Å². The molecule has 1 heterocycles. The third-order valence-corrected chi connectivity index (χ3v) is 10.5. The standard InChI is InChI=1S/C35H43FN4O8S/c1-7-47-30-17-22(10-14-29(30)48-20(2)3)32(38-23-11-13-27(36)25(18-23)33(37)41)34(42)40-16-8-9-28(40)26-19-24(39(6)35(43)44)12-15-31(26)49(45,46)21(4)5/h10-15,17-21,28,32,38H,7-9,16H2,1-6H3,(H2,37,41)(H,43,44)/t28-,32-/m1/s1. The summed E-state index contributed by atoms with van der Waals surface area (Å²) in [6.07, 6.45) is -0.451. The van der Waals surface area contributed by atoms with Crippen LogP contribution in [0.1, 0.15) is 81.0 Å². The van der Waals surface area contributed by atoms with Gasteiger partial charge in [-0.3, -0.25) is 14.5 Å². The summed E-state index contributed by atoms with van der Waals surface area (Å²) < 4.78 is 53.4. The Balaban J connectivity index is 1.87. The van der Waals surface area contributed by atoms with Gasteiger partial charge in [0.15, 0.2) is 21.3 Å². The van der Waals surface area contributed by atoms with Crippen molar-refractivity contribution in [1.82, 2.24) is 4.90 Å². The molecule has 0 spiro atoms. The molecule has 1 aliphatic heterocycles. The maximum atomic E-state index is 14.7. The number of carboxylic acid groups (broad SMARTS) is 1. The normalized spacial score (nSPS) is 15.3. The fourth-order valence-electron chi connectivity index (χ4n) is 5.73. The van der Waals surface area contributed by atoms with Gasteiger partial charge in [0.2, 0.25) is 5.91 Å². The summed E-state index contributed by atoms with van der Waals surface area (Å²) in [5, 5.41) is 12.0. The van der Waals surface area contributed by atoms with Gasteiger partial charge in [-0.1, -0.05) is 6.07 Å². The fourth-order valence-corrected chi connectivity index (χ4v) is 7.02. The Hall–Kier alpha value is -4.85. The van der Waals surface area contributed by atoms with Crippen molar-refractivity contribution < 1.29 is 41.8 Å². The maximum absolute atomic E-state index is 14.7. The highest BCUT2D eigenvalue weighted by molar-refractivity contribution is 7.92. The van der Waals surface area contributed by atoms with Crippen LogP contribution in [-0.2, 0) is 14.6 Å². The van der Waals surface area contributed by atoms with Crippen molar-refractivity contribution in [1.29, 1.82) is 0 Å². The molecule has 0 unspecified atom stereocenters. The molecule has 14 heteroatoms. The van der Waals surface area contributed by atoms with Gasteiger partial charge in [-0.25, -0.2) is 17.6 Å². The second-order valence-corrected chi connectivity index (χ2v) is 14.8. The van der Waals surface area contributed by atoms with Crippen molar-refractivity contribution in [2.45, 2.75) is 75.8 Å². The van der Waals surface area contributed by atoms with Gasteiger partial charge < -0.3 is 30.5 Å². The number of primary amides is 1. The molecule has 264 valence electrons. The van der Waals surface area contributed by atoms with Crippen LogP contribution in [0.15, 0.2) is 59.5 Å². The SMILES string of the molecule is CCOc1cc([C@@H](Nc2ccc(F)c(C(N)=O)c2)C(=O)N2CCC[C@@H]2c2cc(N(C)C(=O)O)ccc2S(=O)(=O)C(C)C)ccc1OC(C)C. The second-order valence-electron chi connectivity index (χ2n) is 12.3. The van der Waals surface area contributed by atoms with E-state index in [1.54, 1.807) is 36.9 Å². The lowest BCUT2D eigenvalue weighted by atomic mass is 10.00. The molecule has 1 fully saturated rings. The number of carbonyl (C=O) groups excluding carboxylic acids is 2. The molecule has 1 aliphatic rings. The smallest absolute Gasteiger partial charge is 0.411 e. The predicted octanol–water partition coefficient (Wildman–Crippen LogP) is 5.92. The number of nitrogens with zero attached hydrogens (tertiary/aromatic N) is 2. The van der Waals surface area contributed by atoms with Gasteiger partial charge in [0, 0.05) is 25.0 Å². The summed E-state index contributed by atoms with van der Waals surface area (Å²) in [6, 6.07) is 11.2. The molecule has 0 aromatic heterocycles. The lowest BCUT2D eigenvalue weighted by Gasteiger charge is -2.32. The second kappa shape index (κ2) is 15.1. The molecule has 0 bridgehead atoms. The minimum atomic E-state index is -3.85. The molecule has 3 aromatic rings. The summed E-state index contributed by atoms with van der Waals surface area (Å²) in [5.74, 6) is -1.40. The van der Waals surface area contributed by atoms with Crippen LogP contribution in [0, 0.1) is 5.82 Å². The van der Waals surface area contributed by atoms with Crippen LogP contribution in [0.3, 0.4) is 0 Å². The van der Waals surface area contributed by atoms with Crippen molar-refractivity contribution in [3.63, 3.8) is 0 Å². The van der Waals surface area contributed by atoms with Crippen LogP contribution < -0.4 is 25.4 Å². The van der Waals surface area contributed by atoms with Crippen LogP contribution in [0.4, 0.5) is 20.6 Å². The van der Waals surface area contributed by atoms with Crippen molar-refractivity contribution in [3.8, 4) is 11.5 Å². The molecule has 3 aromatic carbocycles. The van der Waals surface area contributed by atoms with Gasteiger partial charge >= 0.3 is 6.09 Å². The molecular weight excluding hydrogens is 655 g/mol. The number of halogens is 1. The lowest BCUT2D eigenvalue weighted by Crippen LogP contribution is -2.38. The zero-order valence-corrected chi connectivity index (χ0v) is 29.2. The molecular formula is C35H43FN4O8S. The fraction of sp³-hybridized carbons (Fsp3) is 0.400. The van der Waals surface area contributed by atoms with E-state index in [0.29, 0.717) is 42.1 Å². The van der Waals surface area contributed by atoms with E-state index in [-0.39, 0.29) is 34.5 Å². The zero-order chi connectivity index (χ0) is 36.2. The van der Waals surface area contributed by atoms with E-state index in [1.165, 1.54) is 37.4 Å². The molecule has 1 saturated heterocycles. The molecule has 49 heavy (non-hydrogen) atoms. The van der Waals surface area contributed by atoms with Gasteiger partial charge in [0.25, 0.3) is 5.91 Å². The van der Waals surface area contributed by atoms with E-state index >= 15 is 0 Å². The number of likely N-dealkylation sites (tertiary alicyclic amines) is 1. The van der Waals surface area contributed by atoms with Crippen LogP contribution in [0.2, 0.25) is 0 Å². The first-order valence-corrected chi connectivity index (χ1v) is 17.6. The lowest BCUT2D eigenvalue weighted by molar-refractivity contribution is -0.133. The number of ether oxygens (including phenoxy) is 2. The Labute approximate surface area is 285 Å². The number of hydrogen-bond acceptors (Lipinski definition) is 8. The van der Waals surface area contributed by atoms with Crippen LogP contribution in [0.25, 0.3) is 0 Å². The molecule has 12 nitrogen and oxygen atoms in total. The topological polar surface area (TPSA) is 169 Å². The highest BCUT2D eigenvalue weighted by Crippen LogP contribution is 2.41. The number of nitrogens with two attached hydrogens (primary N) is 1. The summed E-state index contributed by atoms with van der Waals surface area (Å²) in [6.45, 7) is 9.24. The quantitative estimate of drug-likeness (QED) is 0.196. The predicted molar refractivity (Wildman–Crippen MR) is 184 cm³/mol. The highest BCUT2D eigenvalue weighted by atomic mass is 32.2. The zero-order valence-electron chi connectivity index (χ0n) is 28.4. The third-order valence-electron chi connectivity index (χ3n) is 8.24. The van der Waals surface area contributed by atoms with Gasteiger partial charge in [0.1, 0.15) is 11.9 Å². The van der Waals surface area contributed by atoms with E-state index in [1.807, 2.05) is 20.8 Å². The number of nitrogens with one attached hydrogen (secondary N) is 1. The largest absolute Gasteiger partial charge is 0.490 e. The summed E-state index contributed by atoms with van der Waals surface area (Å²) >= 11 is 0. The van der Waals surface area contributed by atoms with E-state index in [9.17, 15) is 32.3 Å². The number of hydrogen-bond donors (Lipinski definition) is 3. The number of benzene rings is 3. The van der Waals surface area contributed by atoms with E-state index in [2.05, 4.69) is 5.32 Å². The highest BCUT2D eigenvalue weighted by Gasteiger charge is 2.38. The first-order chi connectivity index (χ1) is 23.1. The minimum absolute atomic E-state index is 0.0118. The van der Waals surface area contributed by atoms with Gasteiger partial charge in [-0.15, -0.1) is 0 Å². The van der Waals surface area contributed by atoms with E-state index in [4.69, 9.17) is 15.2 Å². The molecule has 4 rings (SSSR count). The Morgan fingerprint density at radius 3 is 2.39 bits per heavy atom. The maximum Gasteiger partial charge on any atom is 0.411 e. The summed E-state index contributed by atoms with van der Waals surface area (Å²) in [5.41, 5.74) is 6.26. The Morgan fingerprint density at radius 1 is 1.06 bits per heavy atom. The van der Waals surface area contributed by atoms with Crippen molar-refractivity contribution in [2.24, 2.45) is 5.73 Å². The molecule has 4 N–H and O–H groups in total. The van der Waals surface area contributed by atoms with Gasteiger partial charge in [0.05, 0.1) is 34.5 Å². The van der Waals surface area contributed by atoms with Crippen LogP contribution in [0.5, 0.6) is 11.5 Å². The van der Waals surface area contributed by atoms with E-state index in [0.717, 1.165) is 11.0 Å². The number of carbonyl (C=O) groups is 3. The van der Waals surface area contributed by atoms with Gasteiger partial charge in [-0.2, -0.15) is 0 Å². The molecule has 0 saturated carbocycles. The number of sulfone groups is 1. The summed E-state index contributed by atoms with van der Waals surface area (Å²) in [4.78, 5) is 41.1. The molecule has 2 atom stereocenters. The third kappa shape index (κ3) is 8.07.